The summed E-state index contributed by atoms with van der Waals surface area (Å²) in [6.45, 7) is 6.55. The van der Waals surface area contributed by atoms with E-state index in [0.717, 1.165) is 77.0 Å². The number of allylic oxidation sites excluding steroid dienone is 4. The van der Waals surface area contributed by atoms with Crippen LogP contribution < -0.4 is 0 Å². The molecule has 55 heavy (non-hydrogen) atoms. The minimum Gasteiger partial charge on any atom is -0.462 e. The number of unbranched alkanes of at least 4 members (excludes halogenated alkanes) is 28. The first kappa shape index (κ1) is 52.9. The third-order valence-corrected chi connectivity index (χ3v) is 10.4. The highest BCUT2D eigenvalue weighted by molar-refractivity contribution is 5.71. The van der Waals surface area contributed by atoms with Crippen LogP contribution in [0.3, 0.4) is 0 Å². The van der Waals surface area contributed by atoms with Crippen molar-refractivity contribution in [2.24, 2.45) is 0 Å². The number of carbonyl (C=O) groups excluding carboxylic acids is 3. The minimum atomic E-state index is -0.770. The van der Waals surface area contributed by atoms with Crippen molar-refractivity contribution in [1.82, 2.24) is 0 Å². The van der Waals surface area contributed by atoms with Gasteiger partial charge in [-0.05, 0) is 64.2 Å². The molecule has 1 atom stereocenters. The van der Waals surface area contributed by atoms with E-state index < -0.39 is 6.10 Å². The van der Waals surface area contributed by atoms with Crippen molar-refractivity contribution >= 4 is 17.9 Å². The van der Waals surface area contributed by atoms with Crippen LogP contribution in [-0.2, 0) is 28.6 Å². The lowest BCUT2D eigenvalue weighted by molar-refractivity contribution is -0.167. The maximum Gasteiger partial charge on any atom is 0.306 e. The number of esters is 3. The molecule has 0 heterocycles. The lowest BCUT2D eigenvalue weighted by Crippen LogP contribution is -2.30. The molecule has 0 radical (unpaired) electrons. The van der Waals surface area contributed by atoms with Crippen LogP contribution in [-0.4, -0.2) is 37.2 Å². The molecular formula is C49H90O6. The lowest BCUT2D eigenvalue weighted by atomic mass is 10.1. The summed E-state index contributed by atoms with van der Waals surface area (Å²) in [6.07, 6.45) is 48.8. The molecule has 0 rings (SSSR count). The Balaban J connectivity index is 4.26. The Morgan fingerprint density at radius 3 is 0.982 bits per heavy atom. The molecule has 0 bridgehead atoms. The fourth-order valence-electron chi connectivity index (χ4n) is 6.79. The number of rotatable bonds is 43. The Labute approximate surface area is 341 Å². The third kappa shape index (κ3) is 42.9. The summed E-state index contributed by atoms with van der Waals surface area (Å²) in [6, 6.07) is 0. The average molecular weight is 775 g/mol. The SMILES string of the molecule is CCC/C=C\CCCCCCCC(=O)OC(COC(=O)CCCCCCCCC/C=C\CCCCCCCCC)COC(=O)CCCCCCCCCCC. The van der Waals surface area contributed by atoms with Gasteiger partial charge >= 0.3 is 17.9 Å². The Kier molecular flexibility index (Phi) is 42.9. The van der Waals surface area contributed by atoms with Gasteiger partial charge in [-0.15, -0.1) is 0 Å². The summed E-state index contributed by atoms with van der Waals surface area (Å²) in [5, 5.41) is 0. The molecule has 0 aromatic rings. The van der Waals surface area contributed by atoms with Crippen LogP contribution >= 0.6 is 0 Å². The van der Waals surface area contributed by atoms with Crippen LogP contribution in [0.1, 0.15) is 252 Å². The number of hydrogen-bond donors (Lipinski definition) is 0. The van der Waals surface area contributed by atoms with Gasteiger partial charge in [0, 0.05) is 19.3 Å². The van der Waals surface area contributed by atoms with E-state index in [1.54, 1.807) is 0 Å². The normalized spacial score (nSPS) is 12.1. The maximum absolute atomic E-state index is 12.7. The third-order valence-electron chi connectivity index (χ3n) is 10.4. The van der Waals surface area contributed by atoms with E-state index in [1.165, 1.54) is 135 Å². The van der Waals surface area contributed by atoms with Crippen LogP contribution in [0, 0.1) is 0 Å². The Morgan fingerprint density at radius 1 is 0.345 bits per heavy atom. The van der Waals surface area contributed by atoms with Gasteiger partial charge in [0.2, 0.25) is 0 Å². The quantitative estimate of drug-likeness (QED) is 0.0266. The van der Waals surface area contributed by atoms with Crippen molar-refractivity contribution < 1.29 is 28.6 Å². The van der Waals surface area contributed by atoms with E-state index in [1.807, 2.05) is 0 Å². The molecule has 0 aromatic heterocycles. The van der Waals surface area contributed by atoms with Crippen LogP contribution in [0.15, 0.2) is 24.3 Å². The molecule has 0 amide bonds. The summed E-state index contributed by atoms with van der Waals surface area (Å²) in [4.78, 5) is 37.7. The Bertz CT molecular complexity index is 896. The van der Waals surface area contributed by atoms with Gasteiger partial charge in [-0.25, -0.2) is 0 Å². The van der Waals surface area contributed by atoms with E-state index in [0.29, 0.717) is 19.3 Å². The monoisotopic (exact) mass is 775 g/mol. The highest BCUT2D eigenvalue weighted by atomic mass is 16.6. The first-order valence-corrected chi connectivity index (χ1v) is 23.8. The maximum atomic E-state index is 12.7. The van der Waals surface area contributed by atoms with Gasteiger partial charge in [-0.2, -0.15) is 0 Å². The molecule has 0 aromatic carbocycles. The van der Waals surface area contributed by atoms with E-state index >= 15 is 0 Å². The predicted octanol–water partition coefficient (Wildman–Crippen LogP) is 15.2. The van der Waals surface area contributed by atoms with Crippen LogP contribution in [0.25, 0.3) is 0 Å². The first-order chi connectivity index (χ1) is 27.0. The summed E-state index contributed by atoms with van der Waals surface area (Å²) < 4.78 is 16.7. The molecule has 0 aliphatic rings. The largest absolute Gasteiger partial charge is 0.462 e. The summed E-state index contributed by atoms with van der Waals surface area (Å²) in [5.41, 5.74) is 0. The number of ether oxygens (including phenoxy) is 3. The fraction of sp³-hybridized carbons (Fsp3) is 0.857. The van der Waals surface area contributed by atoms with Gasteiger partial charge < -0.3 is 14.2 Å². The molecule has 0 aliphatic heterocycles. The van der Waals surface area contributed by atoms with Crippen molar-refractivity contribution in [2.45, 2.75) is 258 Å². The van der Waals surface area contributed by atoms with Crippen LogP contribution in [0.2, 0.25) is 0 Å². The van der Waals surface area contributed by atoms with Crippen LogP contribution in [0.4, 0.5) is 0 Å². The van der Waals surface area contributed by atoms with Gasteiger partial charge in [0.05, 0.1) is 0 Å². The van der Waals surface area contributed by atoms with E-state index in [4.69, 9.17) is 14.2 Å². The van der Waals surface area contributed by atoms with Gasteiger partial charge in [-0.3, -0.25) is 14.4 Å². The predicted molar refractivity (Wildman–Crippen MR) is 233 cm³/mol. The second-order valence-corrected chi connectivity index (χ2v) is 16.0. The molecular weight excluding hydrogens is 685 g/mol. The van der Waals surface area contributed by atoms with Crippen molar-refractivity contribution in [3.8, 4) is 0 Å². The van der Waals surface area contributed by atoms with Crippen molar-refractivity contribution in [3.63, 3.8) is 0 Å². The van der Waals surface area contributed by atoms with Gasteiger partial charge in [0.15, 0.2) is 6.10 Å². The summed E-state index contributed by atoms with van der Waals surface area (Å²) in [7, 11) is 0. The molecule has 0 spiro atoms. The standard InChI is InChI=1S/C49H90O6/c1-4-7-10-13-16-19-21-22-23-24-25-26-27-28-31-33-36-39-42-48(51)54-45-46(44-53-47(50)41-38-35-32-29-18-15-12-9-6-3)55-49(52)43-40-37-34-30-20-17-14-11-8-5-2/h11,14,23-24,46H,4-10,12-13,15-22,25-45H2,1-3H3/b14-11-,24-23-. The smallest absolute Gasteiger partial charge is 0.306 e. The summed E-state index contributed by atoms with van der Waals surface area (Å²) >= 11 is 0. The summed E-state index contributed by atoms with van der Waals surface area (Å²) in [5.74, 6) is -0.886. The van der Waals surface area contributed by atoms with Crippen molar-refractivity contribution in [2.75, 3.05) is 13.2 Å². The van der Waals surface area contributed by atoms with Crippen LogP contribution in [0.5, 0.6) is 0 Å². The molecule has 0 aliphatic carbocycles. The van der Waals surface area contributed by atoms with Crippen molar-refractivity contribution in [1.29, 1.82) is 0 Å². The van der Waals surface area contributed by atoms with E-state index in [-0.39, 0.29) is 31.1 Å². The molecule has 6 nitrogen and oxygen atoms in total. The zero-order chi connectivity index (χ0) is 40.1. The zero-order valence-electron chi connectivity index (χ0n) is 36.7. The first-order valence-electron chi connectivity index (χ1n) is 23.8. The molecule has 322 valence electrons. The number of hydrogen-bond acceptors (Lipinski definition) is 6. The van der Waals surface area contributed by atoms with Crippen molar-refractivity contribution in [3.05, 3.63) is 24.3 Å². The Hall–Kier alpha value is -2.11. The fourth-order valence-corrected chi connectivity index (χ4v) is 6.79. The Morgan fingerprint density at radius 2 is 0.636 bits per heavy atom. The topological polar surface area (TPSA) is 78.9 Å². The van der Waals surface area contributed by atoms with Gasteiger partial charge in [0.1, 0.15) is 13.2 Å². The van der Waals surface area contributed by atoms with Gasteiger partial charge in [0.25, 0.3) is 0 Å². The van der Waals surface area contributed by atoms with Gasteiger partial charge in [-0.1, -0.05) is 193 Å². The van der Waals surface area contributed by atoms with E-state index in [2.05, 4.69) is 45.1 Å². The van der Waals surface area contributed by atoms with E-state index in [9.17, 15) is 14.4 Å². The average Bonchev–Trinajstić information content (AvgIpc) is 3.18. The highest BCUT2D eigenvalue weighted by Crippen LogP contribution is 2.14. The molecule has 0 fully saturated rings. The number of carbonyl (C=O) groups is 3. The minimum absolute atomic E-state index is 0.0736. The zero-order valence-corrected chi connectivity index (χ0v) is 36.7. The molecule has 0 N–H and O–H groups in total. The second kappa shape index (κ2) is 44.6. The second-order valence-electron chi connectivity index (χ2n) is 16.0. The molecule has 6 heteroatoms. The lowest BCUT2D eigenvalue weighted by Gasteiger charge is -2.18. The highest BCUT2D eigenvalue weighted by Gasteiger charge is 2.19. The molecule has 0 saturated heterocycles. The molecule has 1 unspecified atom stereocenters. The molecule has 0 saturated carbocycles.